The van der Waals surface area contributed by atoms with Crippen LogP contribution in [-0.4, -0.2) is 28.7 Å². The predicted molar refractivity (Wildman–Crippen MR) is 118 cm³/mol. The zero-order valence-electron chi connectivity index (χ0n) is 17.0. The van der Waals surface area contributed by atoms with Crippen molar-refractivity contribution in [3.05, 3.63) is 63.4 Å². The lowest BCUT2D eigenvalue weighted by Crippen LogP contribution is -2.37. The molecule has 0 spiro atoms. The van der Waals surface area contributed by atoms with Gasteiger partial charge in [-0.1, -0.05) is 31.5 Å². The number of rotatable bonds is 5. The predicted octanol–water partition coefficient (Wildman–Crippen LogP) is 4.73. The van der Waals surface area contributed by atoms with Gasteiger partial charge < -0.3 is 15.0 Å². The van der Waals surface area contributed by atoms with Crippen molar-refractivity contribution in [1.29, 1.82) is 0 Å². The summed E-state index contributed by atoms with van der Waals surface area (Å²) >= 11 is 6.09. The second-order valence-electron chi connectivity index (χ2n) is 7.79. The van der Waals surface area contributed by atoms with Crippen LogP contribution in [0.3, 0.4) is 0 Å². The highest BCUT2D eigenvalue weighted by Crippen LogP contribution is 2.27. The second kappa shape index (κ2) is 7.99. The number of pyridine rings is 2. The standard InChI is InChI=1S/C22H23ClN4O3/c1-12(2)18-11-30-22(29)27(18)20-6-4-5-19(26-20)24-13(3)16-10-14-9-15(23)7-8-17(14)25-21(16)28/h4-10,12-13,18H,11H2,1-3H3,(H,24,26)(H,25,28)/t13?,18-/m1/s1. The molecule has 4 rings (SSSR count). The normalized spacial score (nSPS) is 17.4. The van der Waals surface area contributed by atoms with Crippen molar-refractivity contribution < 1.29 is 9.53 Å². The zero-order valence-corrected chi connectivity index (χ0v) is 17.7. The molecule has 0 bridgehead atoms. The van der Waals surface area contributed by atoms with Gasteiger partial charge in [0.05, 0.1) is 12.1 Å². The van der Waals surface area contributed by atoms with Crippen molar-refractivity contribution >= 4 is 40.2 Å². The molecule has 7 nitrogen and oxygen atoms in total. The molecule has 1 aromatic carbocycles. The van der Waals surface area contributed by atoms with Crippen molar-refractivity contribution in [3.63, 3.8) is 0 Å². The number of cyclic esters (lactones) is 1. The van der Waals surface area contributed by atoms with Crippen LogP contribution >= 0.6 is 11.6 Å². The summed E-state index contributed by atoms with van der Waals surface area (Å²) in [5, 5.41) is 4.72. The van der Waals surface area contributed by atoms with Gasteiger partial charge in [0.2, 0.25) is 0 Å². The summed E-state index contributed by atoms with van der Waals surface area (Å²) < 4.78 is 5.22. The number of aromatic nitrogens is 2. The number of fused-ring (bicyclic) bond motifs is 1. The minimum Gasteiger partial charge on any atom is -0.447 e. The van der Waals surface area contributed by atoms with Crippen LogP contribution in [0.4, 0.5) is 16.4 Å². The molecule has 8 heteroatoms. The van der Waals surface area contributed by atoms with Gasteiger partial charge in [-0.3, -0.25) is 9.69 Å². The van der Waals surface area contributed by atoms with Gasteiger partial charge in [-0.15, -0.1) is 0 Å². The Morgan fingerprint density at radius 3 is 2.77 bits per heavy atom. The van der Waals surface area contributed by atoms with Crippen LogP contribution < -0.4 is 15.8 Å². The van der Waals surface area contributed by atoms with E-state index >= 15 is 0 Å². The van der Waals surface area contributed by atoms with Crippen LogP contribution in [0.15, 0.2) is 47.3 Å². The Balaban J connectivity index is 1.61. The lowest BCUT2D eigenvalue weighted by atomic mass is 10.0. The van der Waals surface area contributed by atoms with Crippen LogP contribution in [0.2, 0.25) is 5.02 Å². The molecule has 1 amide bonds. The molecule has 30 heavy (non-hydrogen) atoms. The molecular weight excluding hydrogens is 404 g/mol. The lowest BCUT2D eigenvalue weighted by Gasteiger charge is -2.24. The molecule has 2 atom stereocenters. The Hall–Kier alpha value is -3.06. The number of anilines is 2. The largest absolute Gasteiger partial charge is 0.447 e. The third-order valence-corrected chi connectivity index (χ3v) is 5.56. The number of ether oxygens (including phenoxy) is 1. The highest BCUT2D eigenvalue weighted by Gasteiger charge is 2.37. The SMILES string of the molecule is CC(Nc1cccc(N2C(=O)OC[C@@H]2C(C)C)n1)c1cc2cc(Cl)ccc2[nH]c1=O. The monoisotopic (exact) mass is 426 g/mol. The van der Waals surface area contributed by atoms with Crippen molar-refractivity contribution in [1.82, 2.24) is 9.97 Å². The lowest BCUT2D eigenvalue weighted by molar-refractivity contribution is 0.177. The van der Waals surface area contributed by atoms with Crippen LogP contribution in [0.5, 0.6) is 0 Å². The van der Waals surface area contributed by atoms with Crippen LogP contribution in [0.1, 0.15) is 32.4 Å². The summed E-state index contributed by atoms with van der Waals surface area (Å²) in [5.41, 5.74) is 1.12. The Kier molecular flexibility index (Phi) is 5.39. The fraction of sp³-hybridized carbons (Fsp3) is 0.318. The molecule has 0 radical (unpaired) electrons. The molecule has 0 saturated carbocycles. The Labute approximate surface area is 179 Å². The van der Waals surface area contributed by atoms with Gasteiger partial charge in [-0.25, -0.2) is 9.78 Å². The third-order valence-electron chi connectivity index (χ3n) is 5.32. The van der Waals surface area contributed by atoms with E-state index in [-0.39, 0.29) is 23.6 Å². The molecule has 1 unspecified atom stereocenters. The van der Waals surface area contributed by atoms with Crippen molar-refractivity contribution in [2.24, 2.45) is 5.92 Å². The van der Waals surface area contributed by atoms with E-state index in [1.807, 2.05) is 39.0 Å². The quantitative estimate of drug-likeness (QED) is 0.615. The van der Waals surface area contributed by atoms with Crippen molar-refractivity contribution in [3.8, 4) is 0 Å². The molecule has 3 aromatic rings. The Morgan fingerprint density at radius 1 is 1.20 bits per heavy atom. The first-order valence-electron chi connectivity index (χ1n) is 9.85. The maximum atomic E-state index is 12.6. The minimum atomic E-state index is -0.394. The molecule has 1 saturated heterocycles. The number of benzene rings is 1. The number of carbonyl (C=O) groups excluding carboxylic acids is 1. The highest BCUT2D eigenvalue weighted by molar-refractivity contribution is 6.31. The molecular formula is C22H23ClN4O3. The number of carbonyl (C=O) groups is 1. The van der Waals surface area contributed by atoms with Crippen molar-refractivity contribution in [2.45, 2.75) is 32.9 Å². The number of hydrogen-bond donors (Lipinski definition) is 2. The van der Waals surface area contributed by atoms with E-state index in [2.05, 4.69) is 15.3 Å². The van der Waals surface area contributed by atoms with Gasteiger partial charge in [-0.05, 0) is 49.2 Å². The van der Waals surface area contributed by atoms with E-state index in [4.69, 9.17) is 16.3 Å². The topological polar surface area (TPSA) is 87.3 Å². The van der Waals surface area contributed by atoms with E-state index in [1.54, 1.807) is 29.2 Å². The number of nitrogens with zero attached hydrogens (tertiary/aromatic N) is 2. The van der Waals surface area contributed by atoms with Crippen LogP contribution in [0, 0.1) is 5.92 Å². The summed E-state index contributed by atoms with van der Waals surface area (Å²) in [4.78, 5) is 33.9. The maximum absolute atomic E-state index is 12.6. The van der Waals surface area contributed by atoms with Gasteiger partial charge in [0.1, 0.15) is 18.2 Å². The Bertz CT molecular complexity index is 1160. The average Bonchev–Trinajstić information content (AvgIpc) is 3.09. The molecule has 3 heterocycles. The van der Waals surface area contributed by atoms with E-state index in [0.717, 1.165) is 10.9 Å². The highest BCUT2D eigenvalue weighted by atomic mass is 35.5. The van der Waals surface area contributed by atoms with E-state index in [0.29, 0.717) is 28.8 Å². The smallest absolute Gasteiger partial charge is 0.415 e. The van der Waals surface area contributed by atoms with Gasteiger partial charge >= 0.3 is 6.09 Å². The van der Waals surface area contributed by atoms with Gasteiger partial charge in [0, 0.05) is 21.5 Å². The van der Waals surface area contributed by atoms with E-state index < -0.39 is 6.09 Å². The zero-order chi connectivity index (χ0) is 21.4. The summed E-state index contributed by atoms with van der Waals surface area (Å²) in [6.45, 7) is 6.32. The minimum absolute atomic E-state index is 0.0641. The summed E-state index contributed by atoms with van der Waals surface area (Å²) in [6, 6.07) is 12.2. The molecule has 2 N–H and O–H groups in total. The van der Waals surface area contributed by atoms with Crippen LogP contribution in [0.25, 0.3) is 10.9 Å². The first-order chi connectivity index (χ1) is 14.3. The summed E-state index contributed by atoms with van der Waals surface area (Å²) in [5.74, 6) is 1.32. The van der Waals surface area contributed by atoms with Gasteiger partial charge in [-0.2, -0.15) is 0 Å². The number of hydrogen-bond acceptors (Lipinski definition) is 5. The average molecular weight is 427 g/mol. The van der Waals surface area contributed by atoms with E-state index in [1.165, 1.54) is 0 Å². The number of aromatic amines is 1. The first-order valence-corrected chi connectivity index (χ1v) is 10.2. The Morgan fingerprint density at radius 2 is 2.00 bits per heavy atom. The second-order valence-corrected chi connectivity index (χ2v) is 8.23. The molecule has 1 fully saturated rings. The first kappa shape index (κ1) is 20.2. The van der Waals surface area contributed by atoms with Crippen LogP contribution in [-0.2, 0) is 4.74 Å². The number of amides is 1. The molecule has 1 aliphatic rings. The summed E-state index contributed by atoms with van der Waals surface area (Å²) in [7, 11) is 0. The molecule has 1 aliphatic heterocycles. The number of nitrogens with one attached hydrogen (secondary N) is 2. The fourth-order valence-electron chi connectivity index (χ4n) is 3.64. The maximum Gasteiger partial charge on any atom is 0.415 e. The van der Waals surface area contributed by atoms with E-state index in [9.17, 15) is 9.59 Å². The third kappa shape index (κ3) is 3.85. The molecule has 0 aliphatic carbocycles. The summed E-state index contributed by atoms with van der Waals surface area (Å²) in [6.07, 6.45) is -0.394. The van der Waals surface area contributed by atoms with Gasteiger partial charge in [0.25, 0.3) is 5.56 Å². The number of H-pyrrole nitrogens is 1. The fourth-order valence-corrected chi connectivity index (χ4v) is 3.82. The molecule has 2 aromatic heterocycles. The molecule has 156 valence electrons. The van der Waals surface area contributed by atoms with Crippen molar-refractivity contribution in [2.75, 3.05) is 16.8 Å². The van der Waals surface area contributed by atoms with Gasteiger partial charge in [0.15, 0.2) is 0 Å². The number of halogens is 1.